The van der Waals surface area contributed by atoms with Crippen molar-refractivity contribution in [1.29, 1.82) is 0 Å². The number of imidazole rings is 1. The SMILES string of the molecule is CCO[C@@H]1C(CO)OC(n2cnc3c(=O)[nH]c(N)nc32)[C@@]12CCO2. The Morgan fingerprint density at radius 1 is 1.62 bits per heavy atom. The molecule has 4 atom stereocenters. The van der Waals surface area contributed by atoms with Gasteiger partial charge in [0.05, 0.1) is 19.5 Å². The Kier molecular flexibility index (Phi) is 3.57. The molecule has 2 aromatic rings. The van der Waals surface area contributed by atoms with E-state index in [1.807, 2.05) is 6.92 Å². The fraction of sp³-hybridized carbons (Fsp3) is 0.643. The first-order chi connectivity index (χ1) is 11.6. The number of rotatable bonds is 4. The molecule has 4 rings (SSSR count). The Balaban J connectivity index is 1.83. The van der Waals surface area contributed by atoms with E-state index < -0.39 is 29.6 Å². The second-order valence-electron chi connectivity index (χ2n) is 5.91. The lowest BCUT2D eigenvalue weighted by Crippen LogP contribution is -2.57. The summed E-state index contributed by atoms with van der Waals surface area (Å²) in [6, 6.07) is 0. The predicted octanol–water partition coefficient (Wildman–Crippen LogP) is -0.844. The Hall–Kier alpha value is -2.01. The minimum absolute atomic E-state index is 0.00380. The zero-order chi connectivity index (χ0) is 16.9. The van der Waals surface area contributed by atoms with Gasteiger partial charge in [0.25, 0.3) is 5.56 Å². The lowest BCUT2D eigenvalue weighted by Gasteiger charge is -2.45. The summed E-state index contributed by atoms with van der Waals surface area (Å²) < 4.78 is 19.3. The molecule has 2 fully saturated rings. The van der Waals surface area contributed by atoms with Gasteiger partial charge >= 0.3 is 0 Å². The number of nitrogen functional groups attached to an aromatic ring is 1. The molecule has 0 saturated carbocycles. The number of fused-ring (bicyclic) bond motifs is 1. The molecule has 10 heteroatoms. The maximum Gasteiger partial charge on any atom is 0.280 e. The van der Waals surface area contributed by atoms with Crippen molar-refractivity contribution in [1.82, 2.24) is 19.5 Å². The van der Waals surface area contributed by atoms with E-state index in [0.29, 0.717) is 25.3 Å². The summed E-state index contributed by atoms with van der Waals surface area (Å²) in [7, 11) is 0. The standard InChI is InChI=1S/C14H19N5O5/c1-2-22-9-7(5-20)24-12(14(9)3-4-23-14)19-6-16-8-10(19)17-13(15)18-11(8)21/h6-7,9,12,20H,2-5H2,1H3,(H3,15,17,18,21)/t7?,9-,12?,14-/m1/s1. The highest BCUT2D eigenvalue weighted by atomic mass is 16.6. The van der Waals surface area contributed by atoms with Crippen molar-refractivity contribution in [2.75, 3.05) is 25.6 Å². The zero-order valence-electron chi connectivity index (χ0n) is 13.1. The van der Waals surface area contributed by atoms with Crippen LogP contribution in [-0.4, -0.2) is 62.3 Å². The summed E-state index contributed by atoms with van der Waals surface area (Å²) in [5.41, 5.74) is 4.97. The number of aromatic amines is 1. The van der Waals surface area contributed by atoms with Gasteiger partial charge < -0.3 is 25.1 Å². The number of hydrogen-bond donors (Lipinski definition) is 3. The molecular formula is C14H19N5O5. The van der Waals surface area contributed by atoms with Crippen molar-refractivity contribution in [3.8, 4) is 0 Å². The van der Waals surface area contributed by atoms with Crippen LogP contribution >= 0.6 is 0 Å². The van der Waals surface area contributed by atoms with Crippen LogP contribution in [0.3, 0.4) is 0 Å². The average Bonchev–Trinajstić information content (AvgIpc) is 3.05. The molecule has 0 amide bonds. The predicted molar refractivity (Wildman–Crippen MR) is 82.3 cm³/mol. The third-order valence-corrected chi connectivity index (χ3v) is 4.63. The molecule has 10 nitrogen and oxygen atoms in total. The third-order valence-electron chi connectivity index (χ3n) is 4.63. The molecule has 4 N–H and O–H groups in total. The monoisotopic (exact) mass is 337 g/mol. The number of H-pyrrole nitrogens is 1. The lowest BCUT2D eigenvalue weighted by molar-refractivity contribution is -0.233. The fourth-order valence-electron chi connectivity index (χ4n) is 3.55. The van der Waals surface area contributed by atoms with Gasteiger partial charge in [-0.1, -0.05) is 0 Å². The van der Waals surface area contributed by atoms with Crippen LogP contribution in [0.15, 0.2) is 11.1 Å². The van der Waals surface area contributed by atoms with E-state index >= 15 is 0 Å². The van der Waals surface area contributed by atoms with Crippen molar-refractivity contribution in [2.45, 2.75) is 37.4 Å². The smallest absolute Gasteiger partial charge is 0.280 e. The fourth-order valence-corrected chi connectivity index (χ4v) is 3.55. The number of nitrogens with one attached hydrogen (secondary N) is 1. The number of nitrogens with zero attached hydrogens (tertiary/aromatic N) is 3. The third kappa shape index (κ3) is 2.00. The van der Waals surface area contributed by atoms with Gasteiger partial charge in [-0.2, -0.15) is 4.98 Å². The zero-order valence-corrected chi connectivity index (χ0v) is 13.1. The van der Waals surface area contributed by atoms with E-state index in [-0.39, 0.29) is 18.1 Å². The molecule has 2 saturated heterocycles. The van der Waals surface area contributed by atoms with E-state index in [1.54, 1.807) is 4.57 Å². The second kappa shape index (κ2) is 5.52. The van der Waals surface area contributed by atoms with Crippen LogP contribution in [0, 0.1) is 0 Å². The van der Waals surface area contributed by atoms with Gasteiger partial charge in [0, 0.05) is 13.0 Å². The molecule has 2 unspecified atom stereocenters. The van der Waals surface area contributed by atoms with E-state index in [9.17, 15) is 9.90 Å². The molecule has 4 heterocycles. The van der Waals surface area contributed by atoms with Gasteiger partial charge in [0.15, 0.2) is 17.4 Å². The number of aromatic nitrogens is 4. The molecule has 0 bridgehead atoms. The van der Waals surface area contributed by atoms with Gasteiger partial charge in [-0.15, -0.1) is 0 Å². The molecule has 0 aliphatic carbocycles. The van der Waals surface area contributed by atoms with Crippen LogP contribution in [-0.2, 0) is 14.2 Å². The molecule has 1 spiro atoms. The number of nitrogens with two attached hydrogens (primary N) is 1. The van der Waals surface area contributed by atoms with Gasteiger partial charge in [-0.25, -0.2) is 4.98 Å². The highest BCUT2D eigenvalue weighted by molar-refractivity contribution is 5.70. The van der Waals surface area contributed by atoms with Crippen LogP contribution < -0.4 is 11.3 Å². The van der Waals surface area contributed by atoms with E-state index in [0.717, 1.165) is 0 Å². The summed E-state index contributed by atoms with van der Waals surface area (Å²) in [4.78, 5) is 22.7. The van der Waals surface area contributed by atoms with Crippen LogP contribution in [0.2, 0.25) is 0 Å². The van der Waals surface area contributed by atoms with Gasteiger partial charge in [-0.3, -0.25) is 14.3 Å². The Labute approximate surface area is 136 Å². The molecule has 0 radical (unpaired) electrons. The summed E-state index contributed by atoms with van der Waals surface area (Å²) in [5.74, 6) is -0.00380. The number of hydrogen-bond acceptors (Lipinski definition) is 8. The molecule has 2 aliphatic heterocycles. The molecule has 2 aliphatic rings. The van der Waals surface area contributed by atoms with Gasteiger partial charge in [0.2, 0.25) is 5.95 Å². The normalized spacial score (nSPS) is 32.5. The van der Waals surface area contributed by atoms with Gasteiger partial charge in [0.1, 0.15) is 17.8 Å². The molecule has 2 aromatic heterocycles. The first-order valence-corrected chi connectivity index (χ1v) is 7.85. The van der Waals surface area contributed by atoms with Crippen LogP contribution in [0.25, 0.3) is 11.2 Å². The highest BCUT2D eigenvalue weighted by Gasteiger charge is 2.63. The van der Waals surface area contributed by atoms with Crippen molar-refractivity contribution < 1.29 is 19.3 Å². The maximum atomic E-state index is 12.0. The minimum atomic E-state index is -0.740. The van der Waals surface area contributed by atoms with E-state index in [1.165, 1.54) is 6.33 Å². The minimum Gasteiger partial charge on any atom is -0.394 e. The van der Waals surface area contributed by atoms with Crippen molar-refractivity contribution in [3.05, 3.63) is 16.7 Å². The van der Waals surface area contributed by atoms with Crippen molar-refractivity contribution in [2.24, 2.45) is 0 Å². The van der Waals surface area contributed by atoms with Crippen LogP contribution in [0.1, 0.15) is 19.6 Å². The quantitative estimate of drug-likeness (QED) is 0.656. The Morgan fingerprint density at radius 2 is 2.42 bits per heavy atom. The molecule has 130 valence electrons. The Bertz CT molecular complexity index is 813. The largest absolute Gasteiger partial charge is 0.394 e. The van der Waals surface area contributed by atoms with Crippen LogP contribution in [0.4, 0.5) is 5.95 Å². The van der Waals surface area contributed by atoms with Gasteiger partial charge in [-0.05, 0) is 6.92 Å². The summed E-state index contributed by atoms with van der Waals surface area (Å²) in [6.07, 6.45) is 0.620. The Morgan fingerprint density at radius 3 is 3.04 bits per heavy atom. The number of aliphatic hydroxyl groups is 1. The maximum absolute atomic E-state index is 12.0. The number of anilines is 1. The summed E-state index contributed by atoms with van der Waals surface area (Å²) in [6.45, 7) is 2.72. The first-order valence-electron chi connectivity index (χ1n) is 7.85. The topological polar surface area (TPSA) is 138 Å². The number of aliphatic hydroxyl groups excluding tert-OH is 1. The second-order valence-corrected chi connectivity index (χ2v) is 5.91. The molecular weight excluding hydrogens is 318 g/mol. The highest BCUT2D eigenvalue weighted by Crippen LogP contribution is 2.50. The summed E-state index contributed by atoms with van der Waals surface area (Å²) in [5, 5.41) is 9.66. The van der Waals surface area contributed by atoms with Crippen molar-refractivity contribution in [3.63, 3.8) is 0 Å². The summed E-state index contributed by atoms with van der Waals surface area (Å²) >= 11 is 0. The van der Waals surface area contributed by atoms with Crippen LogP contribution in [0.5, 0.6) is 0 Å². The number of ether oxygens (including phenoxy) is 3. The molecule has 24 heavy (non-hydrogen) atoms. The van der Waals surface area contributed by atoms with E-state index in [2.05, 4.69) is 15.0 Å². The van der Waals surface area contributed by atoms with E-state index in [4.69, 9.17) is 19.9 Å². The lowest BCUT2D eigenvalue weighted by atomic mass is 9.86. The average molecular weight is 337 g/mol. The molecule has 0 aromatic carbocycles. The van der Waals surface area contributed by atoms with Crippen molar-refractivity contribution >= 4 is 17.1 Å². The first kappa shape index (κ1) is 15.5.